The van der Waals surface area contributed by atoms with Crippen LogP contribution in [-0.4, -0.2) is 16.2 Å². The lowest BCUT2D eigenvalue weighted by atomic mass is 9.97. The molecule has 0 fully saturated rings. The van der Waals surface area contributed by atoms with Crippen molar-refractivity contribution in [2.24, 2.45) is 0 Å². The molecule has 4 heteroatoms. The third-order valence-electron chi connectivity index (χ3n) is 2.15. The highest BCUT2D eigenvalue weighted by atomic mass is 19.1. The lowest BCUT2D eigenvalue weighted by Crippen LogP contribution is -2.10. The van der Waals surface area contributed by atoms with E-state index in [2.05, 4.69) is 0 Å². The third-order valence-corrected chi connectivity index (χ3v) is 2.15. The topological polar surface area (TPSA) is 57.5 Å². The van der Waals surface area contributed by atoms with Gasteiger partial charge in [0.2, 0.25) is 0 Å². The number of halogens is 1. The number of aliphatic carboxylic acids is 1. The van der Waals surface area contributed by atoms with Gasteiger partial charge in [0.1, 0.15) is 11.6 Å². The highest BCUT2D eigenvalue weighted by molar-refractivity contribution is 5.76. The molecular weight excluding hydrogens is 187 g/mol. The largest absolute Gasteiger partial charge is 0.508 e. The van der Waals surface area contributed by atoms with E-state index in [9.17, 15) is 14.3 Å². The number of benzene rings is 1. The number of phenols is 1. The molecule has 1 aromatic rings. The third kappa shape index (κ3) is 1.69. The zero-order chi connectivity index (χ0) is 10.9. The molecule has 0 aromatic heterocycles. The molecule has 0 saturated heterocycles. The van der Waals surface area contributed by atoms with Gasteiger partial charge in [-0.25, -0.2) is 4.39 Å². The van der Waals surface area contributed by atoms with Crippen LogP contribution >= 0.6 is 0 Å². The van der Waals surface area contributed by atoms with Crippen molar-refractivity contribution in [2.75, 3.05) is 0 Å². The minimum absolute atomic E-state index is 0.155. The lowest BCUT2D eigenvalue weighted by molar-refractivity contribution is -0.138. The maximum atomic E-state index is 13.4. The molecule has 0 aliphatic heterocycles. The first-order valence-electron chi connectivity index (χ1n) is 4.16. The molecule has 1 atom stereocenters. The molecular formula is C10H11FO3. The van der Waals surface area contributed by atoms with Gasteiger partial charge in [0, 0.05) is 5.56 Å². The highest BCUT2D eigenvalue weighted by Crippen LogP contribution is 2.30. The van der Waals surface area contributed by atoms with Crippen LogP contribution in [0.3, 0.4) is 0 Å². The standard InChI is InChI=1S/C10H11FO3/c1-5-3-4-7(12)8(9(5)11)6(2)10(13)14/h3-4,6,12H,1-2H3,(H,13,14). The van der Waals surface area contributed by atoms with E-state index in [-0.39, 0.29) is 11.3 Å². The summed E-state index contributed by atoms with van der Waals surface area (Å²) in [6, 6.07) is 2.70. The molecule has 0 spiro atoms. The maximum Gasteiger partial charge on any atom is 0.310 e. The first-order chi connectivity index (χ1) is 6.45. The van der Waals surface area contributed by atoms with Crippen LogP contribution in [-0.2, 0) is 4.79 Å². The maximum absolute atomic E-state index is 13.4. The average molecular weight is 198 g/mol. The van der Waals surface area contributed by atoms with Gasteiger partial charge in [0.05, 0.1) is 5.92 Å². The van der Waals surface area contributed by atoms with Gasteiger partial charge in [0.15, 0.2) is 0 Å². The number of carbonyl (C=O) groups is 1. The van der Waals surface area contributed by atoms with Crippen LogP contribution in [0.15, 0.2) is 12.1 Å². The fourth-order valence-corrected chi connectivity index (χ4v) is 1.23. The Balaban J connectivity index is 3.32. The minimum atomic E-state index is -1.16. The summed E-state index contributed by atoms with van der Waals surface area (Å²) >= 11 is 0. The van der Waals surface area contributed by atoms with Crippen molar-refractivity contribution in [2.45, 2.75) is 19.8 Å². The Bertz CT molecular complexity index is 374. The quantitative estimate of drug-likeness (QED) is 0.764. The SMILES string of the molecule is Cc1ccc(O)c(C(C)C(=O)O)c1F. The van der Waals surface area contributed by atoms with Crippen molar-refractivity contribution >= 4 is 5.97 Å². The molecule has 3 nitrogen and oxygen atoms in total. The van der Waals surface area contributed by atoms with Gasteiger partial charge in [0.25, 0.3) is 0 Å². The Morgan fingerprint density at radius 3 is 2.57 bits per heavy atom. The van der Waals surface area contributed by atoms with Crippen LogP contribution in [0.5, 0.6) is 5.75 Å². The van der Waals surface area contributed by atoms with Crippen molar-refractivity contribution in [3.63, 3.8) is 0 Å². The summed E-state index contributed by atoms with van der Waals surface area (Å²) < 4.78 is 13.4. The second kappa shape index (κ2) is 3.65. The Labute approximate surface area is 80.8 Å². The molecule has 0 radical (unpaired) electrons. The van der Waals surface area contributed by atoms with E-state index in [1.54, 1.807) is 0 Å². The van der Waals surface area contributed by atoms with E-state index < -0.39 is 17.7 Å². The Morgan fingerprint density at radius 2 is 2.07 bits per heavy atom. The van der Waals surface area contributed by atoms with Crippen molar-refractivity contribution in [1.29, 1.82) is 0 Å². The Morgan fingerprint density at radius 1 is 1.50 bits per heavy atom. The van der Waals surface area contributed by atoms with E-state index in [1.807, 2.05) is 0 Å². The predicted molar refractivity (Wildman–Crippen MR) is 48.9 cm³/mol. The van der Waals surface area contributed by atoms with E-state index in [1.165, 1.54) is 26.0 Å². The van der Waals surface area contributed by atoms with Gasteiger partial charge in [-0.3, -0.25) is 4.79 Å². The highest BCUT2D eigenvalue weighted by Gasteiger charge is 2.22. The predicted octanol–water partition coefficient (Wildman–Crippen LogP) is 2.03. The number of carboxylic acid groups (broad SMARTS) is 1. The van der Waals surface area contributed by atoms with E-state index in [4.69, 9.17) is 5.11 Å². The van der Waals surface area contributed by atoms with Gasteiger partial charge in [-0.15, -0.1) is 0 Å². The molecule has 76 valence electrons. The van der Waals surface area contributed by atoms with Crippen molar-refractivity contribution in [1.82, 2.24) is 0 Å². The first-order valence-corrected chi connectivity index (χ1v) is 4.16. The summed E-state index contributed by atoms with van der Waals surface area (Å²) in [4.78, 5) is 10.6. The molecule has 0 heterocycles. The normalized spacial score (nSPS) is 12.5. The number of carboxylic acids is 1. The van der Waals surface area contributed by atoms with Gasteiger partial charge in [-0.2, -0.15) is 0 Å². The number of phenolic OH excluding ortho intramolecular Hbond substituents is 1. The fourth-order valence-electron chi connectivity index (χ4n) is 1.23. The molecule has 2 N–H and O–H groups in total. The molecule has 0 saturated carbocycles. The van der Waals surface area contributed by atoms with Crippen LogP contribution in [0, 0.1) is 12.7 Å². The smallest absolute Gasteiger partial charge is 0.310 e. The van der Waals surface area contributed by atoms with Gasteiger partial charge in [-0.05, 0) is 25.5 Å². The van der Waals surface area contributed by atoms with Crippen molar-refractivity contribution in [3.05, 3.63) is 29.1 Å². The van der Waals surface area contributed by atoms with Crippen LogP contribution in [0.2, 0.25) is 0 Å². The monoisotopic (exact) mass is 198 g/mol. The fraction of sp³-hybridized carbons (Fsp3) is 0.300. The number of aryl methyl sites for hydroxylation is 1. The summed E-state index contributed by atoms with van der Waals surface area (Å²) in [6.45, 7) is 2.85. The average Bonchev–Trinajstić information content (AvgIpc) is 2.12. The Kier molecular flexibility index (Phi) is 2.74. The number of aromatic hydroxyl groups is 1. The molecule has 1 unspecified atom stereocenters. The second-order valence-corrected chi connectivity index (χ2v) is 3.19. The first kappa shape index (κ1) is 10.5. The summed E-state index contributed by atoms with van der Waals surface area (Å²) in [6.07, 6.45) is 0. The molecule has 1 rings (SSSR count). The molecule has 1 aromatic carbocycles. The van der Waals surface area contributed by atoms with E-state index in [0.29, 0.717) is 5.56 Å². The number of rotatable bonds is 2. The zero-order valence-electron chi connectivity index (χ0n) is 7.91. The second-order valence-electron chi connectivity index (χ2n) is 3.19. The minimum Gasteiger partial charge on any atom is -0.508 e. The molecule has 0 amide bonds. The Hall–Kier alpha value is -1.58. The molecule has 0 aliphatic carbocycles. The molecule has 14 heavy (non-hydrogen) atoms. The number of hydrogen-bond acceptors (Lipinski definition) is 2. The van der Waals surface area contributed by atoms with Crippen molar-refractivity contribution in [3.8, 4) is 5.75 Å². The van der Waals surface area contributed by atoms with Crippen LogP contribution in [0.1, 0.15) is 24.0 Å². The van der Waals surface area contributed by atoms with Gasteiger partial charge < -0.3 is 10.2 Å². The van der Waals surface area contributed by atoms with Gasteiger partial charge >= 0.3 is 5.97 Å². The summed E-state index contributed by atoms with van der Waals surface area (Å²) in [5, 5.41) is 18.0. The van der Waals surface area contributed by atoms with E-state index in [0.717, 1.165) is 0 Å². The van der Waals surface area contributed by atoms with Gasteiger partial charge in [-0.1, -0.05) is 6.07 Å². The van der Waals surface area contributed by atoms with E-state index >= 15 is 0 Å². The lowest BCUT2D eigenvalue weighted by Gasteiger charge is -2.11. The van der Waals surface area contributed by atoms with Crippen LogP contribution < -0.4 is 0 Å². The zero-order valence-corrected chi connectivity index (χ0v) is 7.91. The van der Waals surface area contributed by atoms with Crippen LogP contribution in [0.25, 0.3) is 0 Å². The van der Waals surface area contributed by atoms with Crippen LogP contribution in [0.4, 0.5) is 4.39 Å². The molecule has 0 aliphatic rings. The number of hydrogen-bond donors (Lipinski definition) is 2. The summed E-state index contributed by atoms with van der Waals surface area (Å²) in [7, 11) is 0. The van der Waals surface area contributed by atoms with Crippen molar-refractivity contribution < 1.29 is 19.4 Å². The summed E-state index contributed by atoms with van der Waals surface area (Å²) in [5.74, 6) is -3.18. The molecule has 0 bridgehead atoms. The summed E-state index contributed by atoms with van der Waals surface area (Å²) in [5.41, 5.74) is 0.170.